The highest BCUT2D eigenvalue weighted by Gasteiger charge is 2.40. The summed E-state index contributed by atoms with van der Waals surface area (Å²) >= 11 is 0. The summed E-state index contributed by atoms with van der Waals surface area (Å²) in [4.78, 5) is 40.3. The van der Waals surface area contributed by atoms with E-state index >= 15 is 0 Å². The molecule has 2 fully saturated rings. The SMILES string of the molecule is CCOC(=O)N1CCC(NC(=O)C(C)(C)C(=O)N2CCOCC2)CC1. The van der Waals surface area contributed by atoms with Gasteiger partial charge in [-0.1, -0.05) is 0 Å². The maximum atomic E-state index is 12.7. The van der Waals surface area contributed by atoms with E-state index in [1.165, 1.54) is 0 Å². The van der Waals surface area contributed by atoms with Gasteiger partial charge in [0.15, 0.2) is 0 Å². The van der Waals surface area contributed by atoms with Crippen LogP contribution in [0.4, 0.5) is 4.79 Å². The molecule has 0 aromatic carbocycles. The van der Waals surface area contributed by atoms with E-state index in [1.54, 1.807) is 30.6 Å². The highest BCUT2D eigenvalue weighted by molar-refractivity contribution is 6.04. The van der Waals surface area contributed by atoms with Gasteiger partial charge < -0.3 is 24.6 Å². The molecule has 8 nitrogen and oxygen atoms in total. The van der Waals surface area contributed by atoms with Gasteiger partial charge in [0.05, 0.1) is 19.8 Å². The van der Waals surface area contributed by atoms with Crippen LogP contribution in [-0.2, 0) is 19.1 Å². The molecule has 0 aromatic heterocycles. The van der Waals surface area contributed by atoms with Crippen LogP contribution in [0.1, 0.15) is 33.6 Å². The summed E-state index contributed by atoms with van der Waals surface area (Å²) < 4.78 is 10.2. The summed E-state index contributed by atoms with van der Waals surface area (Å²) in [5, 5.41) is 2.97. The Balaban J connectivity index is 1.84. The second kappa shape index (κ2) is 8.51. The smallest absolute Gasteiger partial charge is 0.409 e. The number of likely N-dealkylation sites (tertiary alicyclic amines) is 1. The maximum absolute atomic E-state index is 12.7. The molecule has 0 bridgehead atoms. The van der Waals surface area contributed by atoms with Crippen LogP contribution in [0, 0.1) is 5.41 Å². The second-order valence-electron chi connectivity index (χ2n) is 6.96. The van der Waals surface area contributed by atoms with Gasteiger partial charge in [0.25, 0.3) is 0 Å². The number of morpholine rings is 1. The van der Waals surface area contributed by atoms with Crippen molar-refractivity contribution >= 4 is 17.9 Å². The summed E-state index contributed by atoms with van der Waals surface area (Å²) in [5.74, 6) is -0.434. The Bertz CT molecular complexity index is 495. The number of piperidine rings is 1. The van der Waals surface area contributed by atoms with Gasteiger partial charge in [-0.2, -0.15) is 0 Å². The number of hydrogen-bond acceptors (Lipinski definition) is 5. The average Bonchev–Trinajstić information content (AvgIpc) is 2.62. The molecule has 0 saturated carbocycles. The quantitative estimate of drug-likeness (QED) is 0.747. The van der Waals surface area contributed by atoms with Crippen molar-refractivity contribution in [2.75, 3.05) is 46.0 Å². The van der Waals surface area contributed by atoms with Crippen molar-refractivity contribution in [3.8, 4) is 0 Å². The molecule has 2 aliphatic heterocycles. The van der Waals surface area contributed by atoms with Crippen LogP contribution in [-0.4, -0.2) is 79.7 Å². The molecular formula is C17H29N3O5. The molecule has 2 heterocycles. The van der Waals surface area contributed by atoms with Gasteiger partial charge >= 0.3 is 6.09 Å². The van der Waals surface area contributed by atoms with Gasteiger partial charge in [0.2, 0.25) is 11.8 Å². The van der Waals surface area contributed by atoms with Gasteiger partial charge in [0.1, 0.15) is 5.41 Å². The van der Waals surface area contributed by atoms with Crippen LogP contribution in [0.5, 0.6) is 0 Å². The van der Waals surface area contributed by atoms with Crippen molar-refractivity contribution in [2.24, 2.45) is 5.41 Å². The lowest BCUT2D eigenvalue weighted by Gasteiger charge is -2.36. The first kappa shape index (κ1) is 19.5. The Morgan fingerprint density at radius 1 is 1.08 bits per heavy atom. The van der Waals surface area contributed by atoms with E-state index in [0.29, 0.717) is 58.8 Å². The van der Waals surface area contributed by atoms with Crippen molar-refractivity contribution in [2.45, 2.75) is 39.7 Å². The van der Waals surface area contributed by atoms with Crippen molar-refractivity contribution in [3.05, 3.63) is 0 Å². The Hall–Kier alpha value is -1.83. The molecule has 25 heavy (non-hydrogen) atoms. The van der Waals surface area contributed by atoms with Crippen LogP contribution in [0.25, 0.3) is 0 Å². The Morgan fingerprint density at radius 2 is 1.68 bits per heavy atom. The third-order valence-corrected chi connectivity index (χ3v) is 4.76. The van der Waals surface area contributed by atoms with Gasteiger partial charge in [-0.3, -0.25) is 9.59 Å². The van der Waals surface area contributed by atoms with E-state index in [-0.39, 0.29) is 23.9 Å². The van der Waals surface area contributed by atoms with Crippen LogP contribution in [0.3, 0.4) is 0 Å². The molecule has 2 aliphatic rings. The fraction of sp³-hybridized carbons (Fsp3) is 0.824. The predicted molar refractivity (Wildman–Crippen MR) is 90.9 cm³/mol. The molecule has 0 atom stereocenters. The van der Waals surface area contributed by atoms with Crippen LogP contribution >= 0.6 is 0 Å². The zero-order valence-electron chi connectivity index (χ0n) is 15.4. The van der Waals surface area contributed by atoms with E-state index in [9.17, 15) is 14.4 Å². The predicted octanol–water partition coefficient (Wildman–Crippen LogP) is 0.609. The monoisotopic (exact) mass is 355 g/mol. The summed E-state index contributed by atoms with van der Waals surface area (Å²) in [6, 6.07) is -0.0325. The molecule has 2 rings (SSSR count). The number of ether oxygens (including phenoxy) is 2. The van der Waals surface area contributed by atoms with Crippen LogP contribution in [0.2, 0.25) is 0 Å². The zero-order chi connectivity index (χ0) is 18.4. The molecule has 0 spiro atoms. The molecule has 0 aromatic rings. The van der Waals surface area contributed by atoms with Crippen molar-refractivity contribution in [3.63, 3.8) is 0 Å². The number of carbonyl (C=O) groups is 3. The van der Waals surface area contributed by atoms with E-state index in [2.05, 4.69) is 5.32 Å². The third kappa shape index (κ3) is 4.84. The van der Waals surface area contributed by atoms with E-state index in [4.69, 9.17) is 9.47 Å². The van der Waals surface area contributed by atoms with Gasteiger partial charge in [0, 0.05) is 32.2 Å². The lowest BCUT2D eigenvalue weighted by atomic mass is 9.89. The molecule has 8 heteroatoms. The number of hydrogen-bond donors (Lipinski definition) is 1. The first-order valence-electron chi connectivity index (χ1n) is 8.96. The Kier molecular flexibility index (Phi) is 6.64. The molecule has 2 saturated heterocycles. The van der Waals surface area contributed by atoms with E-state index < -0.39 is 5.41 Å². The minimum absolute atomic E-state index is 0.0325. The number of nitrogens with one attached hydrogen (secondary N) is 1. The molecule has 1 N–H and O–H groups in total. The van der Waals surface area contributed by atoms with Gasteiger partial charge in [-0.15, -0.1) is 0 Å². The second-order valence-corrected chi connectivity index (χ2v) is 6.96. The van der Waals surface area contributed by atoms with E-state index in [1.807, 2.05) is 0 Å². The summed E-state index contributed by atoms with van der Waals surface area (Å²) in [7, 11) is 0. The van der Waals surface area contributed by atoms with Crippen LogP contribution < -0.4 is 5.32 Å². The van der Waals surface area contributed by atoms with Gasteiger partial charge in [-0.25, -0.2) is 4.79 Å². The topological polar surface area (TPSA) is 88.2 Å². The zero-order valence-corrected chi connectivity index (χ0v) is 15.4. The fourth-order valence-corrected chi connectivity index (χ4v) is 3.05. The summed E-state index contributed by atoms with van der Waals surface area (Å²) in [5.41, 5.74) is -1.12. The molecule has 3 amide bonds. The van der Waals surface area contributed by atoms with Crippen molar-refractivity contribution in [1.82, 2.24) is 15.1 Å². The third-order valence-electron chi connectivity index (χ3n) is 4.76. The molecular weight excluding hydrogens is 326 g/mol. The fourth-order valence-electron chi connectivity index (χ4n) is 3.05. The molecule has 0 radical (unpaired) electrons. The van der Waals surface area contributed by atoms with E-state index in [0.717, 1.165) is 0 Å². The highest BCUT2D eigenvalue weighted by atomic mass is 16.6. The Labute approximate surface area is 148 Å². The standard InChI is InChI=1S/C17H29N3O5/c1-4-25-16(23)20-7-5-13(6-8-20)18-14(21)17(2,3)15(22)19-9-11-24-12-10-19/h13H,4-12H2,1-3H3,(H,18,21). The maximum Gasteiger partial charge on any atom is 0.409 e. The molecule has 142 valence electrons. The lowest BCUT2D eigenvalue weighted by molar-refractivity contribution is -0.151. The highest BCUT2D eigenvalue weighted by Crippen LogP contribution is 2.22. The summed E-state index contributed by atoms with van der Waals surface area (Å²) in [6.45, 7) is 8.60. The van der Waals surface area contributed by atoms with Crippen molar-refractivity contribution in [1.29, 1.82) is 0 Å². The normalized spacial score (nSPS) is 19.5. The number of amides is 3. The minimum Gasteiger partial charge on any atom is -0.450 e. The minimum atomic E-state index is -1.12. The largest absolute Gasteiger partial charge is 0.450 e. The lowest BCUT2D eigenvalue weighted by Crippen LogP contribution is -2.55. The number of nitrogens with zero attached hydrogens (tertiary/aromatic N) is 2. The number of carbonyl (C=O) groups excluding carboxylic acids is 3. The molecule has 0 unspecified atom stereocenters. The Morgan fingerprint density at radius 3 is 2.24 bits per heavy atom. The average molecular weight is 355 g/mol. The first-order valence-corrected chi connectivity index (χ1v) is 8.96. The number of rotatable bonds is 4. The van der Waals surface area contributed by atoms with Gasteiger partial charge in [-0.05, 0) is 33.6 Å². The first-order chi connectivity index (χ1) is 11.9. The summed E-state index contributed by atoms with van der Waals surface area (Å²) in [6.07, 6.45) is 1.01. The van der Waals surface area contributed by atoms with Crippen LogP contribution in [0.15, 0.2) is 0 Å². The molecule has 0 aliphatic carbocycles. The van der Waals surface area contributed by atoms with Crippen molar-refractivity contribution < 1.29 is 23.9 Å².